The molecule has 1 aliphatic heterocycles. The second-order valence-electron chi connectivity index (χ2n) is 6.57. The molecule has 0 saturated carbocycles. The van der Waals surface area contributed by atoms with Crippen molar-refractivity contribution < 1.29 is 13.9 Å². The Morgan fingerprint density at radius 3 is 3.00 bits per heavy atom. The smallest absolute Gasteiger partial charge is 0.191 e. The molecule has 6 heteroatoms. The Hall–Kier alpha value is -1.66. The number of rotatable bonds is 10. The fraction of sp³-hybridized carbons (Fsp3) is 0.650. The van der Waals surface area contributed by atoms with Gasteiger partial charge in [0.2, 0.25) is 0 Å². The molecule has 0 radical (unpaired) electrons. The summed E-state index contributed by atoms with van der Waals surface area (Å²) in [6.07, 6.45) is 4.27. The second-order valence-corrected chi connectivity index (χ2v) is 6.57. The van der Waals surface area contributed by atoms with Crippen molar-refractivity contribution in [1.29, 1.82) is 0 Å². The zero-order valence-corrected chi connectivity index (χ0v) is 16.0. The number of guanidine groups is 1. The molecule has 26 heavy (non-hydrogen) atoms. The molecular formula is C20H32FN3O2. The van der Waals surface area contributed by atoms with E-state index in [1.807, 2.05) is 19.9 Å². The van der Waals surface area contributed by atoms with Gasteiger partial charge in [-0.25, -0.2) is 4.39 Å². The van der Waals surface area contributed by atoms with Crippen molar-refractivity contribution >= 4 is 5.96 Å². The maximum absolute atomic E-state index is 13.2. The predicted molar refractivity (Wildman–Crippen MR) is 103 cm³/mol. The van der Waals surface area contributed by atoms with Crippen LogP contribution < -0.4 is 10.6 Å². The number of halogens is 1. The summed E-state index contributed by atoms with van der Waals surface area (Å²) in [5, 5.41) is 6.58. The van der Waals surface area contributed by atoms with Crippen molar-refractivity contribution in [3.05, 3.63) is 35.1 Å². The molecule has 1 unspecified atom stereocenters. The lowest BCUT2D eigenvalue weighted by molar-refractivity contribution is 0.0171. The van der Waals surface area contributed by atoms with Crippen molar-refractivity contribution in [2.75, 3.05) is 39.5 Å². The van der Waals surface area contributed by atoms with Gasteiger partial charge in [0.15, 0.2) is 5.96 Å². The number of aliphatic imine (C=N–C) groups is 1. The molecule has 5 nitrogen and oxygen atoms in total. The third-order valence-corrected chi connectivity index (χ3v) is 4.38. The summed E-state index contributed by atoms with van der Waals surface area (Å²) < 4.78 is 24.3. The average Bonchev–Trinajstić information content (AvgIpc) is 3.13. The lowest BCUT2D eigenvalue weighted by atomic mass is 10.1. The first-order valence-electron chi connectivity index (χ1n) is 9.65. The van der Waals surface area contributed by atoms with Gasteiger partial charge in [0.1, 0.15) is 5.82 Å². The van der Waals surface area contributed by atoms with E-state index in [9.17, 15) is 4.39 Å². The summed E-state index contributed by atoms with van der Waals surface area (Å²) in [5.41, 5.74) is 2.13. The quantitative estimate of drug-likeness (QED) is 0.380. The van der Waals surface area contributed by atoms with E-state index in [4.69, 9.17) is 9.47 Å². The van der Waals surface area contributed by atoms with E-state index in [1.54, 1.807) is 6.07 Å². The van der Waals surface area contributed by atoms with Gasteiger partial charge in [-0.05, 0) is 62.8 Å². The molecule has 2 rings (SSSR count). The van der Waals surface area contributed by atoms with E-state index in [1.165, 1.54) is 6.07 Å². The molecule has 1 aromatic carbocycles. The summed E-state index contributed by atoms with van der Waals surface area (Å²) in [6.45, 7) is 8.55. The van der Waals surface area contributed by atoms with Crippen molar-refractivity contribution in [1.82, 2.24) is 10.6 Å². The molecule has 0 bridgehead atoms. The number of nitrogens with one attached hydrogen (secondary N) is 2. The lowest BCUT2D eigenvalue weighted by Crippen LogP contribution is -2.38. The summed E-state index contributed by atoms with van der Waals surface area (Å²) in [7, 11) is 0. The van der Waals surface area contributed by atoms with Gasteiger partial charge >= 0.3 is 0 Å². The molecule has 1 aromatic rings. The van der Waals surface area contributed by atoms with Gasteiger partial charge < -0.3 is 20.1 Å². The first kappa shape index (κ1) is 20.6. The van der Waals surface area contributed by atoms with Gasteiger partial charge in [0.05, 0.1) is 12.7 Å². The van der Waals surface area contributed by atoms with Crippen molar-refractivity contribution in [3.8, 4) is 0 Å². The third-order valence-electron chi connectivity index (χ3n) is 4.38. The van der Waals surface area contributed by atoms with Gasteiger partial charge in [0.25, 0.3) is 0 Å². The summed E-state index contributed by atoms with van der Waals surface area (Å²) >= 11 is 0. The van der Waals surface area contributed by atoms with Gasteiger partial charge in [-0.2, -0.15) is 0 Å². The largest absolute Gasteiger partial charge is 0.379 e. The fourth-order valence-electron chi connectivity index (χ4n) is 2.95. The summed E-state index contributed by atoms with van der Waals surface area (Å²) in [5.74, 6) is 0.627. The number of hydrogen-bond donors (Lipinski definition) is 2. The van der Waals surface area contributed by atoms with E-state index in [0.29, 0.717) is 13.2 Å². The molecule has 1 aliphatic rings. The van der Waals surface area contributed by atoms with Crippen molar-refractivity contribution in [2.24, 2.45) is 4.99 Å². The highest BCUT2D eigenvalue weighted by Crippen LogP contribution is 2.12. The molecule has 0 amide bonds. The molecule has 0 aromatic heterocycles. The van der Waals surface area contributed by atoms with E-state index >= 15 is 0 Å². The molecule has 1 heterocycles. The minimum atomic E-state index is -0.184. The highest BCUT2D eigenvalue weighted by molar-refractivity contribution is 5.79. The third kappa shape index (κ3) is 7.70. The molecule has 0 aliphatic carbocycles. The van der Waals surface area contributed by atoms with Crippen LogP contribution in [0.2, 0.25) is 0 Å². The molecule has 1 saturated heterocycles. The van der Waals surface area contributed by atoms with Crippen LogP contribution in [0.5, 0.6) is 0 Å². The zero-order valence-electron chi connectivity index (χ0n) is 16.0. The van der Waals surface area contributed by atoms with Gasteiger partial charge in [-0.1, -0.05) is 6.07 Å². The zero-order chi connectivity index (χ0) is 18.6. The van der Waals surface area contributed by atoms with Crippen LogP contribution in [0, 0.1) is 12.7 Å². The Bertz CT molecular complexity index is 560. The SMILES string of the molecule is CCNC(=NCCCOCC1CCCO1)NCCc1ccc(F)cc1C. The molecule has 146 valence electrons. The Labute approximate surface area is 156 Å². The maximum Gasteiger partial charge on any atom is 0.191 e. The summed E-state index contributed by atoms with van der Waals surface area (Å²) in [6, 6.07) is 4.94. The minimum absolute atomic E-state index is 0.184. The number of hydrogen-bond acceptors (Lipinski definition) is 3. The lowest BCUT2D eigenvalue weighted by Gasteiger charge is -2.12. The average molecular weight is 365 g/mol. The van der Waals surface area contributed by atoms with E-state index < -0.39 is 0 Å². The van der Waals surface area contributed by atoms with E-state index in [-0.39, 0.29) is 11.9 Å². The first-order chi connectivity index (χ1) is 12.7. The van der Waals surface area contributed by atoms with Gasteiger partial charge in [-0.15, -0.1) is 0 Å². The van der Waals surface area contributed by atoms with Gasteiger partial charge in [-0.3, -0.25) is 4.99 Å². The van der Waals surface area contributed by atoms with Crippen LogP contribution in [0.4, 0.5) is 4.39 Å². The van der Waals surface area contributed by atoms with Crippen molar-refractivity contribution in [2.45, 2.75) is 45.6 Å². The van der Waals surface area contributed by atoms with Crippen LogP contribution in [0.3, 0.4) is 0 Å². The Morgan fingerprint density at radius 2 is 2.27 bits per heavy atom. The van der Waals surface area contributed by atoms with Crippen LogP contribution >= 0.6 is 0 Å². The predicted octanol–water partition coefficient (Wildman–Crippen LogP) is 2.82. The van der Waals surface area contributed by atoms with Crippen LogP contribution in [-0.2, 0) is 15.9 Å². The number of nitrogens with zero attached hydrogens (tertiary/aromatic N) is 1. The number of aryl methyl sites for hydroxylation is 1. The van der Waals surface area contributed by atoms with Gasteiger partial charge in [0, 0.05) is 32.8 Å². The fourth-order valence-corrected chi connectivity index (χ4v) is 2.95. The van der Waals surface area contributed by atoms with Crippen LogP contribution in [0.15, 0.2) is 23.2 Å². The molecule has 1 fully saturated rings. The maximum atomic E-state index is 13.2. The molecule has 2 N–H and O–H groups in total. The number of benzene rings is 1. The van der Waals surface area contributed by atoms with Crippen LogP contribution in [0.25, 0.3) is 0 Å². The highest BCUT2D eigenvalue weighted by atomic mass is 19.1. The van der Waals surface area contributed by atoms with E-state index in [2.05, 4.69) is 15.6 Å². The second kappa shape index (κ2) is 11.9. The van der Waals surface area contributed by atoms with Crippen LogP contribution in [0.1, 0.15) is 37.3 Å². The van der Waals surface area contributed by atoms with Crippen molar-refractivity contribution in [3.63, 3.8) is 0 Å². The Balaban J connectivity index is 1.63. The number of ether oxygens (including phenoxy) is 2. The van der Waals surface area contributed by atoms with Crippen LogP contribution in [-0.4, -0.2) is 51.5 Å². The normalized spacial score (nSPS) is 17.5. The Kier molecular flexibility index (Phi) is 9.42. The minimum Gasteiger partial charge on any atom is -0.379 e. The van der Waals surface area contributed by atoms with E-state index in [0.717, 1.165) is 69.0 Å². The molecular weight excluding hydrogens is 333 g/mol. The topological polar surface area (TPSA) is 54.9 Å². The monoisotopic (exact) mass is 365 g/mol. The summed E-state index contributed by atoms with van der Waals surface area (Å²) in [4.78, 5) is 4.57. The molecule has 0 spiro atoms. The Morgan fingerprint density at radius 1 is 1.38 bits per heavy atom. The molecule has 1 atom stereocenters. The first-order valence-corrected chi connectivity index (χ1v) is 9.65. The standard InChI is InChI=1S/C20H32FN3O2/c1-3-22-20(23-10-5-12-25-15-19-6-4-13-26-19)24-11-9-17-7-8-18(21)14-16(17)2/h7-8,14,19H,3-6,9-13,15H2,1-2H3,(H2,22,23,24). The highest BCUT2D eigenvalue weighted by Gasteiger charge is 2.14.